The highest BCUT2D eigenvalue weighted by Crippen LogP contribution is 2.38. The van der Waals surface area contributed by atoms with Crippen LogP contribution < -0.4 is 0 Å². The molecule has 0 saturated carbocycles. The predicted molar refractivity (Wildman–Crippen MR) is 90.1 cm³/mol. The molecule has 21 heavy (non-hydrogen) atoms. The van der Waals surface area contributed by atoms with Crippen LogP contribution in [0.15, 0.2) is 30.6 Å². The summed E-state index contributed by atoms with van der Waals surface area (Å²) in [6, 6.07) is 6.52. The van der Waals surface area contributed by atoms with E-state index in [0.717, 1.165) is 0 Å². The summed E-state index contributed by atoms with van der Waals surface area (Å²) in [5.74, 6) is 0. The number of hydrogen-bond acceptors (Lipinski definition) is 1. The second-order valence-corrected chi connectivity index (χ2v) is 6.00. The standard InChI is InChI=1S/C19H18N2/c1-10-5-6-11(2)18-16(10)17-12(3)15-9-20-8-7-14(15)13(4)19(17)21-18/h5-9,21H,1-4H3. The molecule has 1 N–H and O–H groups in total. The first-order chi connectivity index (χ1) is 10.1. The van der Waals surface area contributed by atoms with Gasteiger partial charge in [-0.05, 0) is 61.4 Å². The normalized spacial score (nSPS) is 11.8. The third-order valence-corrected chi connectivity index (χ3v) is 4.75. The first kappa shape index (κ1) is 12.4. The molecule has 0 spiro atoms. The lowest BCUT2D eigenvalue weighted by molar-refractivity contribution is 1.35. The molecule has 0 amide bonds. The van der Waals surface area contributed by atoms with Crippen molar-refractivity contribution in [2.45, 2.75) is 27.7 Å². The van der Waals surface area contributed by atoms with Gasteiger partial charge in [-0.1, -0.05) is 12.1 Å². The van der Waals surface area contributed by atoms with E-state index in [1.165, 1.54) is 54.8 Å². The molecule has 2 aromatic carbocycles. The zero-order valence-corrected chi connectivity index (χ0v) is 12.8. The van der Waals surface area contributed by atoms with Crippen LogP contribution in [0.4, 0.5) is 0 Å². The molecule has 0 saturated heterocycles. The number of benzene rings is 2. The molecule has 0 atom stereocenters. The number of nitrogens with one attached hydrogen (secondary N) is 1. The second-order valence-electron chi connectivity index (χ2n) is 6.00. The van der Waals surface area contributed by atoms with Gasteiger partial charge in [0.1, 0.15) is 0 Å². The summed E-state index contributed by atoms with van der Waals surface area (Å²) in [6.07, 6.45) is 3.86. The van der Waals surface area contributed by atoms with Gasteiger partial charge in [0.05, 0.1) is 5.52 Å². The lowest BCUT2D eigenvalue weighted by atomic mass is 9.95. The maximum atomic E-state index is 4.32. The molecule has 0 aliphatic heterocycles. The molecule has 2 heteroatoms. The van der Waals surface area contributed by atoms with E-state index in [1.807, 2.05) is 12.4 Å². The lowest BCUT2D eigenvalue weighted by Gasteiger charge is -2.09. The van der Waals surface area contributed by atoms with Crippen molar-refractivity contribution in [1.82, 2.24) is 9.97 Å². The van der Waals surface area contributed by atoms with Crippen LogP contribution in [-0.4, -0.2) is 9.97 Å². The average molecular weight is 274 g/mol. The smallest absolute Gasteiger partial charge is 0.0503 e. The van der Waals surface area contributed by atoms with Crippen molar-refractivity contribution >= 4 is 32.6 Å². The van der Waals surface area contributed by atoms with E-state index in [2.05, 4.69) is 55.9 Å². The zero-order valence-electron chi connectivity index (χ0n) is 12.8. The number of aryl methyl sites for hydroxylation is 4. The van der Waals surface area contributed by atoms with Crippen molar-refractivity contribution in [2.75, 3.05) is 0 Å². The number of H-pyrrole nitrogens is 1. The number of aromatic amines is 1. The minimum absolute atomic E-state index is 1.25. The molecule has 0 radical (unpaired) electrons. The molecule has 0 aliphatic rings. The highest BCUT2D eigenvalue weighted by molar-refractivity contribution is 6.17. The summed E-state index contributed by atoms with van der Waals surface area (Å²) in [4.78, 5) is 7.98. The predicted octanol–water partition coefficient (Wildman–Crippen LogP) is 5.10. The third kappa shape index (κ3) is 1.50. The molecule has 104 valence electrons. The second kappa shape index (κ2) is 4.08. The van der Waals surface area contributed by atoms with Gasteiger partial charge in [0.25, 0.3) is 0 Å². The number of hydrogen-bond donors (Lipinski definition) is 1. The fourth-order valence-corrected chi connectivity index (χ4v) is 3.55. The molecule has 4 rings (SSSR count). The van der Waals surface area contributed by atoms with E-state index in [4.69, 9.17) is 0 Å². The Morgan fingerprint density at radius 2 is 1.52 bits per heavy atom. The lowest BCUT2D eigenvalue weighted by Crippen LogP contribution is -1.87. The van der Waals surface area contributed by atoms with Gasteiger partial charge in [0.15, 0.2) is 0 Å². The Bertz CT molecular complexity index is 1020. The van der Waals surface area contributed by atoms with Gasteiger partial charge in [0.2, 0.25) is 0 Å². The third-order valence-electron chi connectivity index (χ3n) is 4.75. The quantitative estimate of drug-likeness (QED) is 0.474. The van der Waals surface area contributed by atoms with Gasteiger partial charge in [-0.15, -0.1) is 0 Å². The Hall–Kier alpha value is -2.35. The summed E-state index contributed by atoms with van der Waals surface area (Å²) in [5.41, 5.74) is 7.78. The molecular formula is C19H18N2. The molecule has 2 aromatic heterocycles. The van der Waals surface area contributed by atoms with E-state index < -0.39 is 0 Å². The minimum Gasteiger partial charge on any atom is -0.354 e. The van der Waals surface area contributed by atoms with Crippen LogP contribution in [0.25, 0.3) is 32.6 Å². The number of fused-ring (bicyclic) bond motifs is 4. The van der Waals surface area contributed by atoms with E-state index in [0.29, 0.717) is 0 Å². The number of pyridine rings is 1. The largest absolute Gasteiger partial charge is 0.354 e. The number of rotatable bonds is 0. The first-order valence-corrected chi connectivity index (χ1v) is 7.34. The van der Waals surface area contributed by atoms with Crippen molar-refractivity contribution in [1.29, 1.82) is 0 Å². The average Bonchev–Trinajstić information content (AvgIpc) is 2.91. The van der Waals surface area contributed by atoms with Crippen molar-refractivity contribution in [3.8, 4) is 0 Å². The van der Waals surface area contributed by atoms with E-state index >= 15 is 0 Å². The van der Waals surface area contributed by atoms with Gasteiger partial charge in [-0.3, -0.25) is 4.98 Å². The molecule has 0 fully saturated rings. The summed E-state index contributed by atoms with van der Waals surface area (Å²) < 4.78 is 0. The van der Waals surface area contributed by atoms with Crippen molar-refractivity contribution in [3.05, 3.63) is 52.8 Å². The summed E-state index contributed by atoms with van der Waals surface area (Å²) >= 11 is 0. The highest BCUT2D eigenvalue weighted by atomic mass is 14.7. The van der Waals surface area contributed by atoms with Crippen LogP contribution in [-0.2, 0) is 0 Å². The molecule has 0 aliphatic carbocycles. The zero-order chi connectivity index (χ0) is 14.7. The van der Waals surface area contributed by atoms with Gasteiger partial charge >= 0.3 is 0 Å². The molecule has 2 nitrogen and oxygen atoms in total. The van der Waals surface area contributed by atoms with Crippen LogP contribution in [0.5, 0.6) is 0 Å². The van der Waals surface area contributed by atoms with Crippen LogP contribution in [0.2, 0.25) is 0 Å². The Morgan fingerprint density at radius 3 is 2.33 bits per heavy atom. The SMILES string of the molecule is Cc1ccc(C)c2c1[nH]c1c(C)c3ccncc3c(C)c12. The van der Waals surface area contributed by atoms with Crippen LogP contribution in [0.1, 0.15) is 22.3 Å². The Morgan fingerprint density at radius 1 is 0.762 bits per heavy atom. The van der Waals surface area contributed by atoms with Crippen molar-refractivity contribution in [2.24, 2.45) is 0 Å². The fraction of sp³-hybridized carbons (Fsp3) is 0.211. The van der Waals surface area contributed by atoms with Crippen LogP contribution in [0, 0.1) is 27.7 Å². The van der Waals surface area contributed by atoms with Crippen molar-refractivity contribution in [3.63, 3.8) is 0 Å². The molecule has 0 bridgehead atoms. The monoisotopic (exact) mass is 274 g/mol. The molecule has 0 unspecified atom stereocenters. The molecule has 4 aromatic rings. The summed E-state index contributed by atoms with van der Waals surface area (Å²) in [7, 11) is 0. The number of nitrogens with zero attached hydrogens (tertiary/aromatic N) is 1. The minimum atomic E-state index is 1.25. The van der Waals surface area contributed by atoms with E-state index in [9.17, 15) is 0 Å². The highest BCUT2D eigenvalue weighted by Gasteiger charge is 2.15. The fourth-order valence-electron chi connectivity index (χ4n) is 3.55. The van der Waals surface area contributed by atoms with Crippen LogP contribution in [0.3, 0.4) is 0 Å². The van der Waals surface area contributed by atoms with E-state index in [1.54, 1.807) is 0 Å². The van der Waals surface area contributed by atoms with Gasteiger partial charge < -0.3 is 4.98 Å². The first-order valence-electron chi connectivity index (χ1n) is 7.34. The molecular weight excluding hydrogens is 256 g/mol. The van der Waals surface area contributed by atoms with Crippen LogP contribution >= 0.6 is 0 Å². The Balaban J connectivity index is 2.41. The van der Waals surface area contributed by atoms with Gasteiger partial charge in [0, 0.05) is 34.1 Å². The van der Waals surface area contributed by atoms with Gasteiger partial charge in [-0.25, -0.2) is 0 Å². The Labute approximate surface area is 123 Å². The summed E-state index contributed by atoms with van der Waals surface area (Å²) in [5, 5.41) is 5.25. The van der Waals surface area contributed by atoms with Crippen molar-refractivity contribution < 1.29 is 0 Å². The Kier molecular flexibility index (Phi) is 2.41. The van der Waals surface area contributed by atoms with Gasteiger partial charge in [-0.2, -0.15) is 0 Å². The van der Waals surface area contributed by atoms with E-state index in [-0.39, 0.29) is 0 Å². The topological polar surface area (TPSA) is 28.7 Å². The maximum absolute atomic E-state index is 4.32. The number of aromatic nitrogens is 2. The summed E-state index contributed by atoms with van der Waals surface area (Å²) in [6.45, 7) is 8.77. The maximum Gasteiger partial charge on any atom is 0.0503 e. The molecule has 2 heterocycles.